The summed E-state index contributed by atoms with van der Waals surface area (Å²) in [4.78, 5) is 0. The molecule has 0 amide bonds. The first-order valence-electron chi connectivity index (χ1n) is 6.48. The van der Waals surface area contributed by atoms with Gasteiger partial charge in [0.15, 0.2) is 0 Å². The predicted molar refractivity (Wildman–Crippen MR) is 79.3 cm³/mol. The van der Waals surface area contributed by atoms with Crippen molar-refractivity contribution in [2.75, 3.05) is 0 Å². The maximum Gasteiger partial charge on any atom is -0.0102 e. The normalized spacial score (nSPS) is 12.2. The van der Waals surface area contributed by atoms with Gasteiger partial charge in [-0.3, -0.25) is 0 Å². The van der Waals surface area contributed by atoms with Gasteiger partial charge < -0.3 is 0 Å². The van der Waals surface area contributed by atoms with Crippen molar-refractivity contribution >= 4 is 10.8 Å². The van der Waals surface area contributed by atoms with Gasteiger partial charge in [-0.05, 0) is 38.9 Å². The number of hydrogen-bond acceptors (Lipinski definition) is 0. The monoisotopic (exact) mass is 234 g/mol. The fourth-order valence-electron chi connectivity index (χ4n) is 2.48. The summed E-state index contributed by atoms with van der Waals surface area (Å²) >= 11 is 0. The number of rotatable bonds is 0. The quantitative estimate of drug-likeness (QED) is 0.499. The second kappa shape index (κ2) is 3.84. The Bertz CT molecular complexity index is 671. The van der Waals surface area contributed by atoms with Crippen LogP contribution in [0.5, 0.6) is 0 Å². The van der Waals surface area contributed by atoms with E-state index < -0.39 is 0 Å². The van der Waals surface area contributed by atoms with E-state index in [1.54, 1.807) is 0 Å². The van der Waals surface area contributed by atoms with Crippen molar-refractivity contribution < 1.29 is 0 Å². The molecule has 2 aliphatic carbocycles. The third kappa shape index (κ3) is 1.78. The van der Waals surface area contributed by atoms with E-state index in [2.05, 4.69) is 75.4 Å². The molecule has 0 saturated heterocycles. The lowest BCUT2D eigenvalue weighted by Gasteiger charge is -2.19. The highest BCUT2D eigenvalue weighted by Crippen LogP contribution is 2.36. The zero-order valence-electron chi connectivity index (χ0n) is 11.2. The smallest absolute Gasteiger partial charge is 0.0102 e. The Morgan fingerprint density at radius 1 is 0.778 bits per heavy atom. The molecule has 0 heterocycles. The van der Waals surface area contributed by atoms with E-state index in [1.165, 1.54) is 27.5 Å². The van der Waals surface area contributed by atoms with Crippen LogP contribution in [0.3, 0.4) is 0 Å². The van der Waals surface area contributed by atoms with Crippen molar-refractivity contribution in [3.63, 3.8) is 0 Å². The van der Waals surface area contributed by atoms with Gasteiger partial charge in [-0.25, -0.2) is 0 Å². The molecule has 0 unspecified atom stereocenters. The molecule has 0 heteroatoms. The average Bonchev–Trinajstić information content (AvgIpc) is 2.50. The summed E-state index contributed by atoms with van der Waals surface area (Å²) in [6.45, 7) is 6.79. The Labute approximate surface area is 109 Å². The minimum atomic E-state index is 0.203. The third-order valence-electron chi connectivity index (χ3n) is 3.59. The van der Waals surface area contributed by atoms with Crippen LogP contribution in [-0.2, 0) is 5.41 Å². The number of fused-ring (bicyclic) bond motifs is 3. The molecule has 0 nitrogen and oxygen atoms in total. The van der Waals surface area contributed by atoms with Crippen LogP contribution >= 0.6 is 0 Å². The molecule has 90 valence electrons. The lowest BCUT2D eigenvalue weighted by molar-refractivity contribution is 0.591. The summed E-state index contributed by atoms with van der Waals surface area (Å²) in [5, 5.41) is 2.71. The SMILES string of the molecule is CC(C)(C)c1ccc2cc3cccccc-3c2c1. The Balaban J connectivity index is 2.33. The fraction of sp³-hybridized carbons (Fsp3) is 0.222. The van der Waals surface area contributed by atoms with Crippen molar-refractivity contribution in [2.24, 2.45) is 0 Å². The number of hydrogen-bond donors (Lipinski definition) is 0. The largest absolute Gasteiger partial charge is 0.0622 e. The molecule has 0 radical (unpaired) electrons. The van der Waals surface area contributed by atoms with Gasteiger partial charge in [0.05, 0.1) is 0 Å². The van der Waals surface area contributed by atoms with Crippen LogP contribution in [0, 0.1) is 0 Å². The van der Waals surface area contributed by atoms with Crippen LogP contribution in [0.25, 0.3) is 21.9 Å². The van der Waals surface area contributed by atoms with Crippen molar-refractivity contribution in [3.05, 3.63) is 60.2 Å². The summed E-state index contributed by atoms with van der Waals surface area (Å²) in [7, 11) is 0. The van der Waals surface area contributed by atoms with E-state index in [9.17, 15) is 0 Å². The summed E-state index contributed by atoms with van der Waals surface area (Å²) in [6.07, 6.45) is 0. The first-order chi connectivity index (χ1) is 8.55. The minimum Gasteiger partial charge on any atom is -0.0622 e. The second-order valence-corrected chi connectivity index (χ2v) is 5.98. The van der Waals surface area contributed by atoms with Crippen LogP contribution in [0.15, 0.2) is 54.6 Å². The first kappa shape index (κ1) is 11.3. The van der Waals surface area contributed by atoms with E-state index >= 15 is 0 Å². The van der Waals surface area contributed by atoms with Crippen molar-refractivity contribution in [2.45, 2.75) is 26.2 Å². The summed E-state index contributed by atoms with van der Waals surface area (Å²) in [5.74, 6) is 0. The zero-order valence-corrected chi connectivity index (χ0v) is 11.2. The highest BCUT2D eigenvalue weighted by atomic mass is 14.2. The maximum atomic E-state index is 2.34. The molecule has 18 heavy (non-hydrogen) atoms. The first-order valence-corrected chi connectivity index (χ1v) is 6.48. The standard InChI is InChI=1S/C18H18/c1-18(2,3)15-10-9-14-11-13-7-5-4-6-8-16(13)17(14)12-15/h4-12H,1-3H3. The summed E-state index contributed by atoms with van der Waals surface area (Å²) in [6, 6.07) is 19.8. The Morgan fingerprint density at radius 3 is 2.33 bits per heavy atom. The lowest BCUT2D eigenvalue weighted by atomic mass is 9.86. The van der Waals surface area contributed by atoms with E-state index in [0.717, 1.165) is 0 Å². The molecule has 0 atom stereocenters. The lowest BCUT2D eigenvalue weighted by Crippen LogP contribution is -2.10. The van der Waals surface area contributed by atoms with Crippen molar-refractivity contribution in [3.8, 4) is 11.1 Å². The van der Waals surface area contributed by atoms with E-state index in [4.69, 9.17) is 0 Å². The van der Waals surface area contributed by atoms with Gasteiger partial charge >= 0.3 is 0 Å². The van der Waals surface area contributed by atoms with Crippen molar-refractivity contribution in [1.82, 2.24) is 0 Å². The molecule has 3 rings (SSSR count). The number of benzene rings is 1. The zero-order chi connectivity index (χ0) is 12.8. The molecule has 0 N–H and O–H groups in total. The van der Waals surface area contributed by atoms with Crippen LogP contribution < -0.4 is 0 Å². The summed E-state index contributed by atoms with van der Waals surface area (Å²) < 4.78 is 0. The fourth-order valence-corrected chi connectivity index (χ4v) is 2.48. The predicted octanol–water partition coefficient (Wildman–Crippen LogP) is 5.24. The summed E-state index contributed by atoms with van der Waals surface area (Å²) in [5.41, 5.74) is 4.27. The molecule has 1 aromatic rings. The molecular weight excluding hydrogens is 216 g/mol. The highest BCUT2D eigenvalue weighted by molar-refractivity contribution is 6.02. The van der Waals surface area contributed by atoms with Crippen LogP contribution in [0.1, 0.15) is 26.3 Å². The van der Waals surface area contributed by atoms with Gasteiger partial charge in [0.2, 0.25) is 0 Å². The molecule has 0 fully saturated rings. The van der Waals surface area contributed by atoms with Gasteiger partial charge in [-0.1, -0.05) is 69.3 Å². The van der Waals surface area contributed by atoms with Gasteiger partial charge in [0, 0.05) is 0 Å². The third-order valence-corrected chi connectivity index (χ3v) is 3.59. The van der Waals surface area contributed by atoms with Gasteiger partial charge in [-0.15, -0.1) is 0 Å². The molecule has 1 aromatic carbocycles. The Morgan fingerprint density at radius 2 is 1.56 bits per heavy atom. The topological polar surface area (TPSA) is 0 Å². The minimum absolute atomic E-state index is 0.203. The molecule has 0 spiro atoms. The van der Waals surface area contributed by atoms with Crippen molar-refractivity contribution in [1.29, 1.82) is 0 Å². The molecular formula is C18H18. The maximum absolute atomic E-state index is 2.34. The van der Waals surface area contributed by atoms with E-state index in [-0.39, 0.29) is 5.41 Å². The molecule has 0 aliphatic heterocycles. The Hall–Kier alpha value is -1.82. The average molecular weight is 234 g/mol. The molecule has 0 bridgehead atoms. The van der Waals surface area contributed by atoms with Crippen LogP contribution in [-0.4, -0.2) is 0 Å². The van der Waals surface area contributed by atoms with E-state index in [1.807, 2.05) is 0 Å². The van der Waals surface area contributed by atoms with E-state index in [0.29, 0.717) is 0 Å². The van der Waals surface area contributed by atoms with Gasteiger partial charge in [-0.2, -0.15) is 0 Å². The van der Waals surface area contributed by atoms with Crippen LogP contribution in [0.4, 0.5) is 0 Å². The van der Waals surface area contributed by atoms with Crippen LogP contribution in [0.2, 0.25) is 0 Å². The Kier molecular flexibility index (Phi) is 2.41. The molecule has 0 aromatic heterocycles. The highest BCUT2D eigenvalue weighted by Gasteiger charge is 2.16. The second-order valence-electron chi connectivity index (χ2n) is 5.98. The van der Waals surface area contributed by atoms with Gasteiger partial charge in [0.25, 0.3) is 0 Å². The molecule has 0 saturated carbocycles. The van der Waals surface area contributed by atoms with Gasteiger partial charge in [0.1, 0.15) is 0 Å². The molecule has 2 aliphatic rings.